The van der Waals surface area contributed by atoms with Crippen molar-refractivity contribution >= 4 is 29.1 Å². The fourth-order valence-electron chi connectivity index (χ4n) is 0.534. The zero-order chi connectivity index (χ0) is 12.6. The van der Waals surface area contributed by atoms with E-state index in [0.29, 0.717) is 10.8 Å². The van der Waals surface area contributed by atoms with Gasteiger partial charge in [-0.15, -0.1) is 0 Å². The number of nitrogens with two attached hydrogens (primary N) is 3. The molecule has 88 valence electrons. The molecule has 0 aromatic carbocycles. The summed E-state index contributed by atoms with van der Waals surface area (Å²) in [6, 6.07) is 3.60. The van der Waals surface area contributed by atoms with Gasteiger partial charge in [0, 0.05) is 12.4 Å². The largest absolute Gasteiger partial charge is 0.464 e. The Hall–Kier alpha value is -2.13. The minimum atomic E-state index is -1.31. The van der Waals surface area contributed by atoms with Gasteiger partial charge in [-0.05, 0) is 24.4 Å². The maximum Gasteiger partial charge on any atom is 0.424 e. The summed E-state index contributed by atoms with van der Waals surface area (Å²) in [7, 11) is 0. The Balaban J connectivity index is 0.000000288. The average molecular weight is 244 g/mol. The number of nitrogens with zero attached hydrogens (tertiary/aromatic N) is 2. The second-order valence-corrected chi connectivity index (χ2v) is 2.83. The number of rotatable bonds is 0. The highest BCUT2D eigenvalue weighted by molar-refractivity contribution is 7.80. The van der Waals surface area contributed by atoms with E-state index < -0.39 is 6.09 Å². The number of anilines is 1. The first kappa shape index (κ1) is 13.9. The molecule has 0 aliphatic carbocycles. The second-order valence-electron chi connectivity index (χ2n) is 2.41. The topological polar surface area (TPSA) is 144 Å². The van der Waals surface area contributed by atoms with Crippen molar-refractivity contribution in [2.75, 3.05) is 5.73 Å². The summed E-state index contributed by atoms with van der Waals surface area (Å²) in [4.78, 5) is 13.5. The molecular formula is C7H12N6O2S. The van der Waals surface area contributed by atoms with Crippen LogP contribution in [0.15, 0.2) is 24.5 Å². The molecule has 0 fully saturated rings. The Morgan fingerprint density at radius 1 is 1.62 bits per heavy atom. The summed E-state index contributed by atoms with van der Waals surface area (Å²) in [5.74, 6) is 4.89. The van der Waals surface area contributed by atoms with E-state index in [1.165, 1.54) is 0 Å². The molecule has 0 bridgehead atoms. The van der Waals surface area contributed by atoms with Gasteiger partial charge in [-0.3, -0.25) is 4.98 Å². The molecular weight excluding hydrogens is 232 g/mol. The van der Waals surface area contributed by atoms with Gasteiger partial charge in [0.15, 0.2) is 0 Å². The van der Waals surface area contributed by atoms with E-state index in [1.807, 2.05) is 0 Å². The third-order valence-electron chi connectivity index (χ3n) is 1.14. The van der Waals surface area contributed by atoms with Crippen LogP contribution in [0.25, 0.3) is 0 Å². The lowest BCUT2D eigenvalue weighted by Crippen LogP contribution is -2.52. The minimum absolute atomic E-state index is 0.239. The number of hydrogen-bond donors (Lipinski definition) is 5. The van der Waals surface area contributed by atoms with Crippen LogP contribution in [0.3, 0.4) is 0 Å². The molecule has 0 unspecified atom stereocenters. The van der Waals surface area contributed by atoms with Crippen molar-refractivity contribution in [2.45, 2.75) is 0 Å². The van der Waals surface area contributed by atoms with Crippen LogP contribution in [0.4, 0.5) is 10.5 Å². The summed E-state index contributed by atoms with van der Waals surface area (Å²) >= 11 is 4.29. The van der Waals surface area contributed by atoms with Crippen LogP contribution in [0.1, 0.15) is 0 Å². The zero-order valence-electron chi connectivity index (χ0n) is 8.20. The number of pyridine rings is 1. The van der Waals surface area contributed by atoms with Gasteiger partial charge in [0.05, 0.1) is 5.69 Å². The highest BCUT2D eigenvalue weighted by atomic mass is 32.1. The van der Waals surface area contributed by atoms with Crippen LogP contribution in [-0.2, 0) is 0 Å². The first-order valence-electron chi connectivity index (χ1n) is 3.93. The molecule has 0 atom stereocenters. The van der Waals surface area contributed by atoms with E-state index in [0.717, 1.165) is 0 Å². The molecule has 0 aliphatic heterocycles. The monoisotopic (exact) mass is 244 g/mol. The number of carboxylic acid groups (broad SMARTS) is 1. The van der Waals surface area contributed by atoms with Gasteiger partial charge in [-0.1, -0.05) is 0 Å². The Labute approximate surface area is 97.0 Å². The molecule has 1 aromatic rings. The van der Waals surface area contributed by atoms with Gasteiger partial charge in [0.25, 0.3) is 0 Å². The lowest BCUT2D eigenvalue weighted by Gasteiger charge is -2.13. The first-order chi connectivity index (χ1) is 7.43. The lowest BCUT2D eigenvalue weighted by molar-refractivity contribution is 0.170. The van der Waals surface area contributed by atoms with Crippen molar-refractivity contribution in [1.29, 1.82) is 0 Å². The number of amides is 1. The van der Waals surface area contributed by atoms with Gasteiger partial charge in [0.2, 0.25) is 5.11 Å². The predicted octanol–water partition coefficient (Wildman–Crippen LogP) is -0.748. The van der Waals surface area contributed by atoms with E-state index in [-0.39, 0.29) is 5.11 Å². The van der Waals surface area contributed by atoms with Crippen molar-refractivity contribution < 1.29 is 9.90 Å². The molecule has 0 saturated heterocycles. The molecule has 0 radical (unpaired) electrons. The molecule has 1 rings (SSSR count). The average Bonchev–Trinajstić information content (AvgIpc) is 2.18. The number of nitrogens with one attached hydrogen (secondary N) is 1. The molecule has 1 amide bonds. The highest BCUT2D eigenvalue weighted by Crippen LogP contribution is 1.92. The van der Waals surface area contributed by atoms with E-state index in [2.05, 4.69) is 17.2 Å². The highest BCUT2D eigenvalue weighted by Gasteiger charge is 2.01. The Morgan fingerprint density at radius 3 is 2.44 bits per heavy atom. The molecule has 0 spiro atoms. The Kier molecular flexibility index (Phi) is 6.24. The molecule has 1 heterocycles. The fourth-order valence-corrected chi connectivity index (χ4v) is 0.580. The third kappa shape index (κ3) is 7.29. The normalized spacial score (nSPS) is 8.31. The van der Waals surface area contributed by atoms with Crippen molar-refractivity contribution in [3.05, 3.63) is 24.5 Å². The summed E-state index contributed by atoms with van der Waals surface area (Å²) in [6.07, 6.45) is 1.99. The molecule has 16 heavy (non-hydrogen) atoms. The van der Waals surface area contributed by atoms with Crippen molar-refractivity contribution in [3.63, 3.8) is 0 Å². The van der Waals surface area contributed by atoms with E-state index in [1.54, 1.807) is 30.0 Å². The van der Waals surface area contributed by atoms with Gasteiger partial charge < -0.3 is 16.6 Å². The Bertz CT molecular complexity index is 346. The summed E-state index contributed by atoms with van der Waals surface area (Å²) in [6.45, 7) is 0. The lowest BCUT2D eigenvalue weighted by atomic mass is 10.4. The van der Waals surface area contributed by atoms with Crippen LogP contribution in [-0.4, -0.2) is 26.4 Å². The van der Waals surface area contributed by atoms with Crippen LogP contribution >= 0.6 is 12.2 Å². The fraction of sp³-hybridized carbons (Fsp3) is 0. The van der Waals surface area contributed by atoms with Gasteiger partial charge in [0.1, 0.15) is 0 Å². The van der Waals surface area contributed by atoms with Crippen molar-refractivity contribution in [3.8, 4) is 0 Å². The third-order valence-corrected chi connectivity index (χ3v) is 1.33. The molecule has 0 saturated carbocycles. The van der Waals surface area contributed by atoms with Gasteiger partial charge in [-0.2, -0.15) is 5.12 Å². The first-order valence-corrected chi connectivity index (χ1v) is 4.33. The van der Waals surface area contributed by atoms with Crippen LogP contribution < -0.4 is 22.7 Å². The smallest absolute Gasteiger partial charge is 0.424 e. The number of thiocarbonyl (C=S) groups is 1. The number of nitrogen functional groups attached to an aromatic ring is 1. The molecule has 8 N–H and O–H groups in total. The van der Waals surface area contributed by atoms with E-state index in [4.69, 9.17) is 22.4 Å². The van der Waals surface area contributed by atoms with Gasteiger partial charge >= 0.3 is 6.09 Å². The molecule has 8 nitrogen and oxygen atoms in total. The zero-order valence-corrected chi connectivity index (χ0v) is 9.02. The van der Waals surface area contributed by atoms with E-state index >= 15 is 0 Å². The van der Waals surface area contributed by atoms with Crippen LogP contribution in [0.5, 0.6) is 0 Å². The minimum Gasteiger partial charge on any atom is -0.464 e. The molecule has 9 heteroatoms. The van der Waals surface area contributed by atoms with Crippen molar-refractivity contribution in [1.82, 2.24) is 15.5 Å². The summed E-state index contributed by atoms with van der Waals surface area (Å²) in [5.41, 5.74) is 12.6. The molecule has 0 aliphatic rings. The summed E-state index contributed by atoms with van der Waals surface area (Å²) in [5, 5.41) is 8.27. The predicted molar refractivity (Wildman–Crippen MR) is 62.6 cm³/mol. The quantitative estimate of drug-likeness (QED) is 0.228. The van der Waals surface area contributed by atoms with Crippen LogP contribution in [0.2, 0.25) is 0 Å². The van der Waals surface area contributed by atoms with E-state index in [9.17, 15) is 4.79 Å². The van der Waals surface area contributed by atoms with Crippen molar-refractivity contribution in [2.24, 2.45) is 11.6 Å². The maximum absolute atomic E-state index is 9.77. The SMILES string of the molecule is NC(=S)N(N)NC(=O)O.Nc1cccnc1. The number of hydrazine groups is 2. The second kappa shape index (κ2) is 7.20. The maximum atomic E-state index is 9.77. The number of aromatic nitrogens is 1. The summed E-state index contributed by atoms with van der Waals surface area (Å²) < 4.78 is 0. The van der Waals surface area contributed by atoms with Crippen LogP contribution in [0, 0.1) is 0 Å². The standard InChI is InChI=1S/C5H6N2.C2H6N4O2S/c6-5-2-1-3-7-4-5;3-1(9)6(4)5-2(7)8/h1-4H,6H2;5H,4H2,(H2,3,9)(H,7,8). The molecule has 1 aromatic heterocycles. The Morgan fingerprint density at radius 2 is 2.25 bits per heavy atom. The number of hydrogen-bond acceptors (Lipinski definition) is 5. The van der Waals surface area contributed by atoms with Gasteiger partial charge in [-0.25, -0.2) is 16.1 Å². The number of carbonyl (C=O) groups is 1.